The maximum absolute atomic E-state index is 12.0. The topological polar surface area (TPSA) is 56.6 Å². The Labute approximate surface area is 124 Å². The molecule has 0 atom stereocenters. The molecule has 0 aliphatic rings. The first-order chi connectivity index (χ1) is 9.04. The highest BCUT2D eigenvalue weighted by molar-refractivity contribution is 6.41. The molecule has 2 rings (SSSR count). The number of H-pyrrole nitrogens is 1. The molecule has 0 radical (unpaired) electrons. The molecule has 0 spiro atoms. The van der Waals surface area contributed by atoms with Crippen LogP contribution in [0.2, 0.25) is 15.1 Å². The molecule has 1 N–H and O–H groups in total. The van der Waals surface area contributed by atoms with Gasteiger partial charge in [-0.3, -0.25) is 4.79 Å². The van der Waals surface area contributed by atoms with Crippen molar-refractivity contribution in [2.45, 2.75) is 6.42 Å². The van der Waals surface area contributed by atoms with Crippen molar-refractivity contribution < 1.29 is 0 Å². The second-order valence-electron chi connectivity index (χ2n) is 3.79. The number of pyridine rings is 1. The summed E-state index contributed by atoms with van der Waals surface area (Å²) in [6, 6.07) is 6.67. The number of halogens is 3. The van der Waals surface area contributed by atoms with Gasteiger partial charge in [0.05, 0.1) is 28.1 Å². The SMILES string of the molecule is N#CCc1cc[nH]c(=O)c1-c1c(Cl)cc(Cl)cc1Cl. The van der Waals surface area contributed by atoms with Gasteiger partial charge in [-0.25, -0.2) is 0 Å². The number of nitriles is 1. The van der Waals surface area contributed by atoms with Gasteiger partial charge >= 0.3 is 0 Å². The second kappa shape index (κ2) is 5.66. The number of aromatic nitrogens is 1. The van der Waals surface area contributed by atoms with Crippen LogP contribution in [0.1, 0.15) is 5.56 Å². The van der Waals surface area contributed by atoms with Gasteiger partial charge in [-0.05, 0) is 23.8 Å². The quantitative estimate of drug-likeness (QED) is 0.908. The number of rotatable bonds is 2. The average Bonchev–Trinajstić information content (AvgIpc) is 2.31. The lowest BCUT2D eigenvalue weighted by Crippen LogP contribution is -2.11. The third-order valence-electron chi connectivity index (χ3n) is 2.57. The van der Waals surface area contributed by atoms with Gasteiger partial charge in [0.15, 0.2) is 0 Å². The Morgan fingerprint density at radius 1 is 1.16 bits per heavy atom. The highest BCUT2D eigenvalue weighted by atomic mass is 35.5. The summed E-state index contributed by atoms with van der Waals surface area (Å²) < 4.78 is 0. The highest BCUT2D eigenvalue weighted by Crippen LogP contribution is 2.37. The van der Waals surface area contributed by atoms with E-state index in [0.29, 0.717) is 21.7 Å². The third kappa shape index (κ3) is 2.76. The summed E-state index contributed by atoms with van der Waals surface area (Å²) in [4.78, 5) is 14.5. The van der Waals surface area contributed by atoms with Gasteiger partial charge in [-0.1, -0.05) is 34.8 Å². The van der Waals surface area contributed by atoms with E-state index in [1.54, 1.807) is 6.07 Å². The van der Waals surface area contributed by atoms with Crippen LogP contribution in [0.25, 0.3) is 11.1 Å². The fourth-order valence-corrected chi connectivity index (χ4v) is 2.81. The molecule has 0 unspecified atom stereocenters. The van der Waals surface area contributed by atoms with E-state index in [1.165, 1.54) is 18.3 Å². The minimum Gasteiger partial charge on any atom is -0.329 e. The van der Waals surface area contributed by atoms with Crippen LogP contribution in [0.5, 0.6) is 0 Å². The van der Waals surface area contributed by atoms with Crippen LogP contribution < -0.4 is 5.56 Å². The Bertz CT molecular complexity index is 708. The van der Waals surface area contributed by atoms with Crippen LogP contribution >= 0.6 is 34.8 Å². The van der Waals surface area contributed by atoms with Crippen LogP contribution in [0.15, 0.2) is 29.2 Å². The number of benzene rings is 1. The maximum Gasteiger partial charge on any atom is 0.256 e. The first kappa shape index (κ1) is 14.0. The molecule has 1 aromatic heterocycles. The van der Waals surface area contributed by atoms with Crippen molar-refractivity contribution in [3.05, 3.63) is 55.4 Å². The van der Waals surface area contributed by atoms with E-state index in [4.69, 9.17) is 40.1 Å². The number of hydrogen-bond donors (Lipinski definition) is 1. The van der Waals surface area contributed by atoms with Gasteiger partial charge < -0.3 is 4.98 Å². The molecule has 2 aromatic rings. The van der Waals surface area contributed by atoms with Gasteiger partial charge in [0, 0.05) is 16.8 Å². The van der Waals surface area contributed by atoms with Crippen LogP contribution in [-0.2, 0) is 6.42 Å². The van der Waals surface area contributed by atoms with Crippen LogP contribution in [0.4, 0.5) is 0 Å². The minimum absolute atomic E-state index is 0.0918. The molecule has 0 aliphatic heterocycles. The van der Waals surface area contributed by atoms with E-state index in [9.17, 15) is 4.79 Å². The Balaban J connectivity index is 2.80. The zero-order chi connectivity index (χ0) is 14.0. The van der Waals surface area contributed by atoms with E-state index in [2.05, 4.69) is 4.98 Å². The Hall–Kier alpha value is -1.47. The largest absolute Gasteiger partial charge is 0.329 e. The molecule has 0 fully saturated rings. The molecule has 0 saturated heterocycles. The lowest BCUT2D eigenvalue weighted by atomic mass is 10.00. The molecule has 6 heteroatoms. The van der Waals surface area contributed by atoms with E-state index in [0.717, 1.165) is 0 Å². The van der Waals surface area contributed by atoms with Gasteiger partial charge in [0.2, 0.25) is 0 Å². The molecule has 1 aromatic carbocycles. The van der Waals surface area contributed by atoms with Crippen molar-refractivity contribution in [1.29, 1.82) is 5.26 Å². The van der Waals surface area contributed by atoms with Gasteiger partial charge in [-0.2, -0.15) is 5.26 Å². The van der Waals surface area contributed by atoms with Crippen molar-refractivity contribution >= 4 is 34.8 Å². The molecular weight excluding hydrogens is 307 g/mol. The first-order valence-electron chi connectivity index (χ1n) is 5.27. The van der Waals surface area contributed by atoms with E-state index in [-0.39, 0.29) is 22.0 Å². The summed E-state index contributed by atoms with van der Waals surface area (Å²) in [5.74, 6) is 0. The number of hydrogen-bond acceptors (Lipinski definition) is 2. The second-order valence-corrected chi connectivity index (χ2v) is 5.04. The Kier molecular flexibility index (Phi) is 4.16. The number of nitrogens with one attached hydrogen (secondary N) is 1. The monoisotopic (exact) mass is 312 g/mol. The van der Waals surface area contributed by atoms with Crippen LogP contribution in [-0.4, -0.2) is 4.98 Å². The molecule has 0 aliphatic carbocycles. The highest BCUT2D eigenvalue weighted by Gasteiger charge is 2.17. The molecular formula is C13H7Cl3N2O. The van der Waals surface area contributed by atoms with Crippen molar-refractivity contribution in [1.82, 2.24) is 4.98 Å². The van der Waals surface area contributed by atoms with Gasteiger partial charge in [-0.15, -0.1) is 0 Å². The molecule has 96 valence electrons. The fraction of sp³-hybridized carbons (Fsp3) is 0.0769. The summed E-state index contributed by atoms with van der Waals surface area (Å²) in [5, 5.41) is 9.74. The molecule has 0 amide bonds. The summed E-state index contributed by atoms with van der Waals surface area (Å²) in [7, 11) is 0. The molecule has 1 heterocycles. The summed E-state index contributed by atoms with van der Waals surface area (Å²) in [6.07, 6.45) is 1.57. The molecule has 0 saturated carbocycles. The van der Waals surface area contributed by atoms with Crippen molar-refractivity contribution in [3.8, 4) is 17.2 Å². The Morgan fingerprint density at radius 2 is 1.79 bits per heavy atom. The van der Waals surface area contributed by atoms with Crippen molar-refractivity contribution in [2.75, 3.05) is 0 Å². The standard InChI is InChI=1S/C13H7Cl3N2O/c14-8-5-9(15)12(10(16)6-8)11-7(1-3-17)2-4-18-13(11)19/h2,4-6H,1H2,(H,18,19). The summed E-state index contributed by atoms with van der Waals surface area (Å²) in [5.41, 5.74) is 0.909. The molecule has 3 nitrogen and oxygen atoms in total. The maximum atomic E-state index is 12.0. The zero-order valence-electron chi connectivity index (χ0n) is 9.51. The summed E-state index contributed by atoms with van der Waals surface area (Å²) in [6.45, 7) is 0. The summed E-state index contributed by atoms with van der Waals surface area (Å²) >= 11 is 18.1. The fourth-order valence-electron chi connectivity index (χ4n) is 1.81. The predicted molar refractivity (Wildman–Crippen MR) is 76.8 cm³/mol. The molecule has 19 heavy (non-hydrogen) atoms. The zero-order valence-corrected chi connectivity index (χ0v) is 11.8. The van der Waals surface area contributed by atoms with Crippen molar-refractivity contribution in [3.63, 3.8) is 0 Å². The predicted octanol–water partition coefficient (Wildman–Crippen LogP) is 4.07. The minimum atomic E-state index is -0.348. The third-order valence-corrected chi connectivity index (χ3v) is 3.39. The van der Waals surface area contributed by atoms with E-state index < -0.39 is 0 Å². The average molecular weight is 314 g/mol. The lowest BCUT2D eigenvalue weighted by molar-refractivity contribution is 1.17. The number of aromatic amines is 1. The van der Waals surface area contributed by atoms with Crippen molar-refractivity contribution in [2.24, 2.45) is 0 Å². The van der Waals surface area contributed by atoms with E-state index >= 15 is 0 Å². The van der Waals surface area contributed by atoms with Gasteiger partial charge in [0.25, 0.3) is 5.56 Å². The van der Waals surface area contributed by atoms with Gasteiger partial charge in [0.1, 0.15) is 0 Å². The number of nitrogens with zero attached hydrogens (tertiary/aromatic N) is 1. The van der Waals surface area contributed by atoms with Crippen LogP contribution in [0.3, 0.4) is 0 Å². The lowest BCUT2D eigenvalue weighted by Gasteiger charge is -2.10. The van der Waals surface area contributed by atoms with E-state index in [1.807, 2.05) is 6.07 Å². The van der Waals surface area contributed by atoms with Crippen LogP contribution in [0, 0.1) is 11.3 Å². The smallest absolute Gasteiger partial charge is 0.256 e. The normalized spacial score (nSPS) is 10.2. The Morgan fingerprint density at radius 3 is 2.37 bits per heavy atom. The molecule has 0 bridgehead atoms. The first-order valence-corrected chi connectivity index (χ1v) is 6.40.